The first-order chi connectivity index (χ1) is 10.9. The van der Waals surface area contributed by atoms with Crippen molar-refractivity contribution in [2.45, 2.75) is 39.4 Å². The van der Waals surface area contributed by atoms with Gasteiger partial charge in [-0.25, -0.2) is 4.79 Å². The molecule has 0 spiro atoms. The van der Waals surface area contributed by atoms with E-state index in [1.165, 1.54) is 0 Å². The minimum Gasteiger partial charge on any atom is -0.457 e. The first-order valence-corrected chi connectivity index (χ1v) is 8.33. The first-order valence-electron chi connectivity index (χ1n) is 8.33. The predicted molar refractivity (Wildman–Crippen MR) is 88.1 cm³/mol. The number of rotatable bonds is 4. The molecule has 1 fully saturated rings. The highest BCUT2D eigenvalue weighted by Gasteiger charge is 2.31. The van der Waals surface area contributed by atoms with Gasteiger partial charge in [-0.3, -0.25) is 4.90 Å². The Morgan fingerprint density at radius 1 is 1.48 bits per heavy atom. The Balaban J connectivity index is 1.74. The van der Waals surface area contributed by atoms with Crippen LogP contribution in [0.3, 0.4) is 0 Å². The first kappa shape index (κ1) is 16.4. The number of benzene rings is 1. The van der Waals surface area contributed by atoms with E-state index in [4.69, 9.17) is 10.5 Å². The van der Waals surface area contributed by atoms with E-state index in [0.29, 0.717) is 25.3 Å². The number of piperidine rings is 1. The van der Waals surface area contributed by atoms with Gasteiger partial charge in [0, 0.05) is 18.7 Å². The minimum absolute atomic E-state index is 0.144. The fourth-order valence-corrected chi connectivity index (χ4v) is 3.82. The third-order valence-electron chi connectivity index (χ3n) is 5.35. The number of nitrogens with zero attached hydrogens (tertiary/aromatic N) is 1. The molecule has 3 N–H and O–H groups in total. The topological polar surface area (TPSA) is 75.8 Å². The van der Waals surface area contributed by atoms with E-state index in [-0.39, 0.29) is 11.4 Å². The molecule has 1 aromatic carbocycles. The third kappa shape index (κ3) is 3.13. The number of β-amino-alcohol motifs (C(OH)–C–C–N with tert-alkyl or cyclic N) is 1. The van der Waals surface area contributed by atoms with Crippen LogP contribution in [0.15, 0.2) is 12.1 Å². The average molecular weight is 318 g/mol. The van der Waals surface area contributed by atoms with Crippen LogP contribution >= 0.6 is 0 Å². The zero-order chi connectivity index (χ0) is 16.6. The molecule has 0 bridgehead atoms. The van der Waals surface area contributed by atoms with E-state index < -0.39 is 6.10 Å². The molecular weight excluding hydrogens is 292 g/mol. The average Bonchev–Trinajstić information content (AvgIpc) is 2.90. The molecule has 0 amide bonds. The molecule has 1 aromatic rings. The number of fused-ring (bicyclic) bond motifs is 1. The Bertz CT molecular complexity index is 617. The number of aliphatic hydroxyl groups excluding tert-OH is 1. The third-order valence-corrected chi connectivity index (χ3v) is 5.35. The van der Waals surface area contributed by atoms with Crippen LogP contribution < -0.4 is 5.73 Å². The summed E-state index contributed by atoms with van der Waals surface area (Å²) in [5, 5.41) is 10.7. The molecule has 2 aliphatic rings. The van der Waals surface area contributed by atoms with Crippen LogP contribution in [-0.4, -0.2) is 42.2 Å². The van der Waals surface area contributed by atoms with Gasteiger partial charge >= 0.3 is 5.97 Å². The number of carbonyl (C=O) groups is 1. The lowest BCUT2D eigenvalue weighted by Crippen LogP contribution is -2.46. The molecular formula is C18H26N2O3. The molecule has 126 valence electrons. The zero-order valence-electron chi connectivity index (χ0n) is 14.0. The number of hydrogen-bond donors (Lipinski definition) is 2. The van der Waals surface area contributed by atoms with E-state index in [0.717, 1.165) is 42.6 Å². The van der Waals surface area contributed by atoms with Gasteiger partial charge in [0.25, 0.3) is 0 Å². The van der Waals surface area contributed by atoms with Crippen molar-refractivity contribution in [3.05, 3.63) is 34.4 Å². The van der Waals surface area contributed by atoms with E-state index >= 15 is 0 Å². The number of esters is 1. The minimum atomic E-state index is -0.559. The molecule has 0 aromatic heterocycles. The lowest BCUT2D eigenvalue weighted by molar-refractivity contribution is 0.0535. The van der Waals surface area contributed by atoms with Crippen molar-refractivity contribution in [2.24, 2.45) is 11.1 Å². The highest BCUT2D eigenvalue weighted by atomic mass is 16.5. The van der Waals surface area contributed by atoms with E-state index in [9.17, 15) is 9.90 Å². The SMILES string of the molecule is Cc1c([C@@H](O)CN2CCCC(C)(CN)C2)ccc2c1COC2=O. The van der Waals surface area contributed by atoms with Crippen molar-refractivity contribution < 1.29 is 14.6 Å². The molecule has 2 aliphatic heterocycles. The van der Waals surface area contributed by atoms with Crippen LogP contribution in [0.25, 0.3) is 0 Å². The van der Waals surface area contributed by atoms with Crippen LogP contribution in [0.4, 0.5) is 0 Å². The van der Waals surface area contributed by atoms with Crippen LogP contribution in [-0.2, 0) is 11.3 Å². The fourth-order valence-electron chi connectivity index (χ4n) is 3.82. The molecule has 2 heterocycles. The van der Waals surface area contributed by atoms with Gasteiger partial charge < -0.3 is 15.6 Å². The van der Waals surface area contributed by atoms with Gasteiger partial charge in [-0.2, -0.15) is 0 Å². The Morgan fingerprint density at radius 3 is 3.00 bits per heavy atom. The zero-order valence-corrected chi connectivity index (χ0v) is 14.0. The maximum Gasteiger partial charge on any atom is 0.338 e. The summed E-state index contributed by atoms with van der Waals surface area (Å²) < 4.78 is 5.09. The summed E-state index contributed by atoms with van der Waals surface area (Å²) in [6, 6.07) is 3.63. The number of aliphatic hydroxyl groups is 1. The van der Waals surface area contributed by atoms with Gasteiger partial charge in [0.15, 0.2) is 0 Å². The second kappa shape index (κ2) is 6.23. The number of likely N-dealkylation sites (tertiary alicyclic amines) is 1. The molecule has 3 rings (SSSR count). The van der Waals surface area contributed by atoms with Crippen LogP contribution in [0.5, 0.6) is 0 Å². The standard InChI is InChI=1S/C18H26N2O3/c1-12-13(4-5-14-15(12)9-23-17(14)22)16(21)8-20-7-3-6-18(2,10-19)11-20/h4-5,16,21H,3,6-11,19H2,1-2H3/t16-,18?/m0/s1. The summed E-state index contributed by atoms with van der Waals surface area (Å²) in [6.45, 7) is 7.69. The second-order valence-electron chi connectivity index (χ2n) is 7.25. The Kier molecular flexibility index (Phi) is 4.45. The van der Waals surface area contributed by atoms with Crippen molar-refractivity contribution in [3.8, 4) is 0 Å². The lowest BCUT2D eigenvalue weighted by atomic mass is 9.82. The lowest BCUT2D eigenvalue weighted by Gasteiger charge is -2.40. The largest absolute Gasteiger partial charge is 0.457 e. The molecule has 1 saturated heterocycles. The Morgan fingerprint density at radius 2 is 2.26 bits per heavy atom. The molecule has 23 heavy (non-hydrogen) atoms. The normalized spacial score (nSPS) is 26.0. The molecule has 5 heteroatoms. The summed E-state index contributed by atoms with van der Waals surface area (Å²) in [5.74, 6) is -0.265. The Hall–Kier alpha value is -1.43. The van der Waals surface area contributed by atoms with Gasteiger partial charge in [0.2, 0.25) is 0 Å². The number of cyclic esters (lactones) is 1. The van der Waals surface area contributed by atoms with Crippen LogP contribution in [0.2, 0.25) is 0 Å². The van der Waals surface area contributed by atoms with Crippen molar-refractivity contribution in [1.82, 2.24) is 4.90 Å². The van der Waals surface area contributed by atoms with Crippen LogP contribution in [0, 0.1) is 12.3 Å². The maximum absolute atomic E-state index is 11.6. The van der Waals surface area contributed by atoms with Gasteiger partial charge in [0.05, 0.1) is 11.7 Å². The van der Waals surface area contributed by atoms with E-state index in [2.05, 4.69) is 11.8 Å². The van der Waals surface area contributed by atoms with Crippen LogP contribution in [0.1, 0.15) is 52.9 Å². The summed E-state index contributed by atoms with van der Waals surface area (Å²) >= 11 is 0. The summed E-state index contributed by atoms with van der Waals surface area (Å²) in [4.78, 5) is 13.9. The van der Waals surface area contributed by atoms with Gasteiger partial charge in [-0.05, 0) is 55.5 Å². The monoisotopic (exact) mass is 318 g/mol. The molecule has 1 unspecified atom stereocenters. The molecule has 2 atom stereocenters. The highest BCUT2D eigenvalue weighted by Crippen LogP contribution is 2.32. The van der Waals surface area contributed by atoms with Crippen molar-refractivity contribution >= 4 is 5.97 Å². The summed E-state index contributed by atoms with van der Waals surface area (Å²) in [6.07, 6.45) is 1.70. The predicted octanol–water partition coefficient (Wildman–Crippen LogP) is 1.76. The molecule has 0 aliphatic carbocycles. The van der Waals surface area contributed by atoms with Gasteiger partial charge in [0.1, 0.15) is 6.61 Å². The Labute approximate surface area is 137 Å². The smallest absolute Gasteiger partial charge is 0.338 e. The summed E-state index contributed by atoms with van der Waals surface area (Å²) in [5.41, 5.74) is 9.46. The molecule has 5 nitrogen and oxygen atoms in total. The fraction of sp³-hybridized carbons (Fsp3) is 0.611. The van der Waals surface area contributed by atoms with Crippen molar-refractivity contribution in [2.75, 3.05) is 26.2 Å². The molecule has 0 radical (unpaired) electrons. The summed E-state index contributed by atoms with van der Waals surface area (Å²) in [7, 11) is 0. The number of carbonyl (C=O) groups excluding carboxylic acids is 1. The van der Waals surface area contributed by atoms with Gasteiger partial charge in [-0.15, -0.1) is 0 Å². The quantitative estimate of drug-likeness (QED) is 0.827. The second-order valence-corrected chi connectivity index (χ2v) is 7.25. The number of ether oxygens (including phenoxy) is 1. The highest BCUT2D eigenvalue weighted by molar-refractivity contribution is 5.93. The van der Waals surface area contributed by atoms with Crippen molar-refractivity contribution in [3.63, 3.8) is 0 Å². The maximum atomic E-state index is 11.6. The van der Waals surface area contributed by atoms with E-state index in [1.54, 1.807) is 6.07 Å². The number of hydrogen-bond acceptors (Lipinski definition) is 5. The van der Waals surface area contributed by atoms with E-state index in [1.807, 2.05) is 13.0 Å². The van der Waals surface area contributed by atoms with Crippen molar-refractivity contribution in [1.29, 1.82) is 0 Å². The molecule has 0 saturated carbocycles. The number of nitrogens with two attached hydrogens (primary N) is 1. The van der Waals surface area contributed by atoms with Gasteiger partial charge in [-0.1, -0.05) is 13.0 Å².